The van der Waals surface area contributed by atoms with Crippen molar-refractivity contribution in [1.82, 2.24) is 24.5 Å². The van der Waals surface area contributed by atoms with Gasteiger partial charge in [-0.1, -0.05) is 0 Å². The number of H-pyrrole nitrogens is 1. The minimum Gasteiger partial charge on any atom is -0.391 e. The lowest BCUT2D eigenvalue weighted by Crippen LogP contribution is -2.28. The van der Waals surface area contributed by atoms with E-state index in [1.165, 1.54) is 0 Å². The van der Waals surface area contributed by atoms with Gasteiger partial charge in [-0.25, -0.2) is 9.97 Å². The zero-order valence-corrected chi connectivity index (χ0v) is 12.1. The molecule has 4 rings (SSSR count). The van der Waals surface area contributed by atoms with Crippen LogP contribution in [0.4, 0.5) is 5.95 Å². The predicted octanol–water partition coefficient (Wildman–Crippen LogP) is 1.41. The zero-order valence-electron chi connectivity index (χ0n) is 12.1. The molecule has 0 radical (unpaired) electrons. The second-order valence-corrected chi connectivity index (χ2v) is 5.89. The van der Waals surface area contributed by atoms with Gasteiger partial charge in [0, 0.05) is 36.7 Å². The largest absolute Gasteiger partial charge is 0.391 e. The minimum atomic E-state index is -0.378. The lowest BCUT2D eigenvalue weighted by atomic mass is 10.1. The third-order valence-electron chi connectivity index (χ3n) is 4.27. The molecular weight excluding hydrogens is 280 g/mol. The van der Waals surface area contributed by atoms with Crippen molar-refractivity contribution in [3.05, 3.63) is 37.2 Å². The second kappa shape index (κ2) is 5.42. The molecular formula is C15H18N6O. The van der Waals surface area contributed by atoms with Gasteiger partial charge >= 0.3 is 0 Å². The Kier molecular flexibility index (Phi) is 3.27. The highest BCUT2D eigenvalue weighted by Gasteiger charge is 2.33. The summed E-state index contributed by atoms with van der Waals surface area (Å²) in [6.07, 6.45) is 10.5. The quantitative estimate of drug-likeness (QED) is 0.677. The number of anilines is 1. The number of nitrogens with one attached hydrogen (secondary N) is 2. The van der Waals surface area contributed by atoms with Crippen molar-refractivity contribution in [3.63, 3.8) is 0 Å². The fourth-order valence-corrected chi connectivity index (χ4v) is 3.19. The van der Waals surface area contributed by atoms with Crippen LogP contribution in [0.2, 0.25) is 0 Å². The van der Waals surface area contributed by atoms with Gasteiger partial charge in [0.1, 0.15) is 5.65 Å². The third kappa shape index (κ3) is 2.55. The molecule has 3 aromatic rings. The van der Waals surface area contributed by atoms with Gasteiger partial charge in [-0.3, -0.25) is 0 Å². The normalized spacial score (nSPS) is 24.9. The average molecular weight is 298 g/mol. The molecule has 0 amide bonds. The second-order valence-electron chi connectivity index (χ2n) is 5.89. The topological polar surface area (TPSA) is 91.6 Å². The first-order chi connectivity index (χ1) is 10.8. The van der Waals surface area contributed by atoms with Crippen molar-refractivity contribution in [2.45, 2.75) is 31.5 Å². The molecule has 22 heavy (non-hydrogen) atoms. The van der Waals surface area contributed by atoms with Crippen molar-refractivity contribution >= 4 is 17.0 Å². The highest BCUT2D eigenvalue weighted by molar-refractivity contribution is 5.75. The number of hydrogen-bond donors (Lipinski definition) is 3. The molecule has 0 saturated heterocycles. The number of aliphatic hydroxyl groups is 1. The first-order valence-electron chi connectivity index (χ1n) is 7.48. The Morgan fingerprint density at radius 2 is 2.36 bits per heavy atom. The third-order valence-corrected chi connectivity index (χ3v) is 4.27. The van der Waals surface area contributed by atoms with Crippen LogP contribution in [0.5, 0.6) is 0 Å². The molecule has 0 aromatic carbocycles. The van der Waals surface area contributed by atoms with E-state index in [1.807, 2.05) is 24.8 Å². The maximum atomic E-state index is 10.3. The Morgan fingerprint density at radius 1 is 1.41 bits per heavy atom. The first kappa shape index (κ1) is 13.3. The summed E-state index contributed by atoms with van der Waals surface area (Å²) in [5, 5.41) is 14.5. The van der Waals surface area contributed by atoms with Crippen LogP contribution in [0.25, 0.3) is 11.0 Å². The maximum Gasteiger partial charge on any atom is 0.224 e. The van der Waals surface area contributed by atoms with E-state index in [2.05, 4.69) is 29.8 Å². The molecule has 7 heteroatoms. The smallest absolute Gasteiger partial charge is 0.224 e. The van der Waals surface area contributed by atoms with E-state index in [0.717, 1.165) is 30.4 Å². The number of fused-ring (bicyclic) bond motifs is 1. The maximum absolute atomic E-state index is 10.3. The zero-order chi connectivity index (χ0) is 14.9. The highest BCUT2D eigenvalue weighted by atomic mass is 16.3. The Labute approximate surface area is 127 Å². The number of rotatable bonds is 4. The predicted molar refractivity (Wildman–Crippen MR) is 82.3 cm³/mol. The monoisotopic (exact) mass is 298 g/mol. The standard InChI is InChI=1S/C15H18N6O/c22-13-6-10(8-21-4-3-16-9-21)5-12(13)19-15-18-7-11-1-2-17-14(11)20-15/h1-4,7,9-10,12-13,22H,5-6,8H2,(H2,17,18,19,20)/t10?,12-,13-/m1/s1. The average Bonchev–Trinajstić information content (AvgIpc) is 3.21. The molecule has 1 saturated carbocycles. The van der Waals surface area contributed by atoms with Gasteiger partial charge in [0.05, 0.1) is 18.5 Å². The van der Waals surface area contributed by atoms with Crippen molar-refractivity contribution in [2.24, 2.45) is 5.92 Å². The van der Waals surface area contributed by atoms with E-state index < -0.39 is 0 Å². The molecule has 3 aromatic heterocycles. The molecule has 3 N–H and O–H groups in total. The molecule has 114 valence electrons. The van der Waals surface area contributed by atoms with E-state index in [-0.39, 0.29) is 12.1 Å². The molecule has 1 unspecified atom stereocenters. The van der Waals surface area contributed by atoms with Gasteiger partial charge in [0.25, 0.3) is 0 Å². The molecule has 1 aliphatic carbocycles. The highest BCUT2D eigenvalue weighted by Crippen LogP contribution is 2.29. The summed E-state index contributed by atoms with van der Waals surface area (Å²) >= 11 is 0. The lowest BCUT2D eigenvalue weighted by Gasteiger charge is -2.16. The van der Waals surface area contributed by atoms with Crippen molar-refractivity contribution < 1.29 is 5.11 Å². The van der Waals surface area contributed by atoms with E-state index >= 15 is 0 Å². The SMILES string of the molecule is O[C@@H]1CC(Cn2ccnc2)C[C@H]1Nc1ncc2cc[nH]c2n1. The van der Waals surface area contributed by atoms with Crippen molar-refractivity contribution in [1.29, 1.82) is 0 Å². The van der Waals surface area contributed by atoms with Crippen LogP contribution in [0, 0.1) is 5.92 Å². The molecule has 3 atom stereocenters. The molecule has 1 aliphatic rings. The summed E-state index contributed by atoms with van der Waals surface area (Å²) in [5.74, 6) is 0.984. The Bertz CT molecular complexity index is 752. The Balaban J connectivity index is 1.43. The summed E-state index contributed by atoms with van der Waals surface area (Å²) in [6, 6.07) is 1.92. The summed E-state index contributed by atoms with van der Waals surface area (Å²) in [7, 11) is 0. The fraction of sp³-hybridized carbons (Fsp3) is 0.400. The van der Waals surface area contributed by atoms with Crippen LogP contribution in [-0.2, 0) is 6.54 Å². The van der Waals surface area contributed by atoms with Gasteiger partial charge in [0.15, 0.2) is 0 Å². The minimum absolute atomic E-state index is 0.0130. The van der Waals surface area contributed by atoms with Gasteiger partial charge in [0.2, 0.25) is 5.95 Å². The van der Waals surface area contributed by atoms with Crippen LogP contribution in [0.3, 0.4) is 0 Å². The van der Waals surface area contributed by atoms with Crippen LogP contribution >= 0.6 is 0 Å². The van der Waals surface area contributed by atoms with E-state index in [0.29, 0.717) is 11.9 Å². The summed E-state index contributed by atoms with van der Waals surface area (Å²) < 4.78 is 2.06. The number of aromatic nitrogens is 5. The summed E-state index contributed by atoms with van der Waals surface area (Å²) in [5.41, 5.74) is 0.806. The van der Waals surface area contributed by atoms with Crippen LogP contribution in [0.15, 0.2) is 37.2 Å². The summed E-state index contributed by atoms with van der Waals surface area (Å²) in [4.78, 5) is 15.9. The number of imidazole rings is 1. The van der Waals surface area contributed by atoms with Gasteiger partial charge < -0.3 is 20.0 Å². The molecule has 0 bridgehead atoms. The number of hydrogen-bond acceptors (Lipinski definition) is 5. The van der Waals surface area contributed by atoms with Gasteiger partial charge in [-0.05, 0) is 24.8 Å². The van der Waals surface area contributed by atoms with Crippen LogP contribution < -0.4 is 5.32 Å². The molecule has 0 aliphatic heterocycles. The lowest BCUT2D eigenvalue weighted by molar-refractivity contribution is 0.166. The van der Waals surface area contributed by atoms with E-state index in [9.17, 15) is 5.11 Å². The summed E-state index contributed by atoms with van der Waals surface area (Å²) in [6.45, 7) is 0.881. The van der Waals surface area contributed by atoms with Crippen LogP contribution in [-0.4, -0.2) is 41.8 Å². The van der Waals surface area contributed by atoms with Crippen molar-refractivity contribution in [3.8, 4) is 0 Å². The Hall–Kier alpha value is -2.41. The van der Waals surface area contributed by atoms with E-state index in [1.54, 1.807) is 12.4 Å². The van der Waals surface area contributed by atoms with Crippen LogP contribution in [0.1, 0.15) is 12.8 Å². The molecule has 7 nitrogen and oxygen atoms in total. The van der Waals surface area contributed by atoms with E-state index in [4.69, 9.17) is 0 Å². The Morgan fingerprint density at radius 3 is 3.23 bits per heavy atom. The fourth-order valence-electron chi connectivity index (χ4n) is 3.19. The number of aliphatic hydroxyl groups excluding tert-OH is 1. The van der Waals surface area contributed by atoms with Crippen molar-refractivity contribution in [2.75, 3.05) is 5.32 Å². The molecule has 0 spiro atoms. The molecule has 3 heterocycles. The van der Waals surface area contributed by atoms with Gasteiger partial charge in [-0.2, -0.15) is 4.98 Å². The van der Waals surface area contributed by atoms with Gasteiger partial charge in [-0.15, -0.1) is 0 Å². The molecule has 1 fully saturated rings. The number of nitrogens with zero attached hydrogens (tertiary/aromatic N) is 4. The first-order valence-corrected chi connectivity index (χ1v) is 7.48. The number of aromatic amines is 1.